The molecule has 0 radical (unpaired) electrons. The van der Waals surface area contributed by atoms with Gasteiger partial charge in [-0.05, 0) is 35.8 Å². The fourth-order valence-electron chi connectivity index (χ4n) is 3.93. The smallest absolute Gasteiger partial charge is 0.330 e. The lowest BCUT2D eigenvalue weighted by Crippen LogP contribution is -2.41. The molecule has 188 valence electrons. The summed E-state index contributed by atoms with van der Waals surface area (Å²) >= 11 is 0. The van der Waals surface area contributed by atoms with E-state index in [2.05, 4.69) is 25.3 Å². The van der Waals surface area contributed by atoms with Crippen molar-refractivity contribution in [3.8, 4) is 11.3 Å². The summed E-state index contributed by atoms with van der Waals surface area (Å²) in [6.07, 6.45) is 4.96. The Hall–Kier alpha value is -3.82. The first-order chi connectivity index (χ1) is 17.5. The number of carbonyl (C=O) groups excluding carboxylic acids is 2. The first-order valence-corrected chi connectivity index (χ1v) is 12.0. The second-order valence-corrected chi connectivity index (χ2v) is 8.64. The van der Waals surface area contributed by atoms with Gasteiger partial charge in [-0.25, -0.2) is 9.48 Å². The number of aryl methyl sites for hydroxylation is 1. The fraction of sp³-hybridized carbons (Fsp3) is 0.333. The van der Waals surface area contributed by atoms with Crippen LogP contribution in [-0.4, -0.2) is 78.3 Å². The zero-order chi connectivity index (χ0) is 25.3. The largest absolute Gasteiger partial charge is 0.466 e. The molecule has 1 fully saturated rings. The standard InChI is InChI=1S/C27H31N5O4/c1-20-3-9-23(17-24(20)27(34)28-11-12-31-13-15-36-16-14-31)25-19-32(30-29-25)18-22-6-4-21(5-7-22)8-10-26(33)35-2/h3-10,17,19H,11-16,18H2,1-2H3,(H,28,34)/b10-8+. The summed E-state index contributed by atoms with van der Waals surface area (Å²) in [6, 6.07) is 13.6. The molecule has 9 heteroatoms. The molecule has 0 bridgehead atoms. The molecule has 3 aromatic rings. The highest BCUT2D eigenvalue weighted by Gasteiger charge is 2.14. The molecule has 0 atom stereocenters. The molecule has 0 unspecified atom stereocenters. The van der Waals surface area contributed by atoms with Crippen LogP contribution < -0.4 is 5.32 Å². The van der Waals surface area contributed by atoms with Crippen LogP contribution in [0.5, 0.6) is 0 Å². The maximum atomic E-state index is 12.8. The predicted octanol–water partition coefficient (Wildman–Crippen LogP) is 2.55. The lowest BCUT2D eigenvalue weighted by Gasteiger charge is -2.26. The van der Waals surface area contributed by atoms with Crippen molar-refractivity contribution < 1.29 is 19.1 Å². The molecule has 1 amide bonds. The molecule has 1 aromatic heterocycles. The zero-order valence-electron chi connectivity index (χ0n) is 20.6. The number of nitrogens with zero attached hydrogens (tertiary/aromatic N) is 4. The second kappa shape index (κ2) is 12.2. The Morgan fingerprint density at radius 1 is 1.14 bits per heavy atom. The highest BCUT2D eigenvalue weighted by molar-refractivity contribution is 5.96. The van der Waals surface area contributed by atoms with Crippen molar-refractivity contribution in [1.82, 2.24) is 25.2 Å². The molecule has 1 saturated heterocycles. The number of benzene rings is 2. The van der Waals surface area contributed by atoms with E-state index in [1.165, 1.54) is 13.2 Å². The number of esters is 1. The number of nitrogens with one attached hydrogen (secondary N) is 1. The van der Waals surface area contributed by atoms with Crippen LogP contribution in [0.25, 0.3) is 17.3 Å². The molecule has 9 nitrogen and oxygen atoms in total. The van der Waals surface area contributed by atoms with Gasteiger partial charge in [0.25, 0.3) is 5.91 Å². The van der Waals surface area contributed by atoms with E-state index < -0.39 is 0 Å². The number of carbonyl (C=O) groups is 2. The van der Waals surface area contributed by atoms with E-state index in [-0.39, 0.29) is 11.9 Å². The third kappa shape index (κ3) is 6.87. The number of hydrogen-bond donors (Lipinski definition) is 1. The van der Waals surface area contributed by atoms with Crippen LogP contribution in [-0.2, 0) is 20.8 Å². The van der Waals surface area contributed by atoms with Crippen LogP contribution in [0.4, 0.5) is 0 Å². The molecular formula is C27H31N5O4. The average Bonchev–Trinajstić information content (AvgIpc) is 3.37. The number of ether oxygens (including phenoxy) is 2. The monoisotopic (exact) mass is 489 g/mol. The zero-order valence-corrected chi connectivity index (χ0v) is 20.6. The van der Waals surface area contributed by atoms with Crippen LogP contribution in [0.3, 0.4) is 0 Å². The van der Waals surface area contributed by atoms with Crippen molar-refractivity contribution in [1.29, 1.82) is 0 Å². The topological polar surface area (TPSA) is 98.6 Å². The van der Waals surface area contributed by atoms with Crippen LogP contribution in [0.15, 0.2) is 54.7 Å². The third-order valence-corrected chi connectivity index (χ3v) is 6.07. The normalized spacial score (nSPS) is 14.2. The molecule has 4 rings (SSSR count). The summed E-state index contributed by atoms with van der Waals surface area (Å²) < 4.78 is 11.7. The van der Waals surface area contributed by atoms with Gasteiger partial charge in [-0.15, -0.1) is 5.10 Å². The lowest BCUT2D eigenvalue weighted by atomic mass is 10.0. The highest BCUT2D eigenvalue weighted by atomic mass is 16.5. The fourth-order valence-corrected chi connectivity index (χ4v) is 3.93. The van der Waals surface area contributed by atoms with Crippen molar-refractivity contribution in [2.75, 3.05) is 46.5 Å². The lowest BCUT2D eigenvalue weighted by molar-refractivity contribution is -0.134. The summed E-state index contributed by atoms with van der Waals surface area (Å²) in [7, 11) is 1.35. The Labute approximate surface area is 210 Å². The van der Waals surface area contributed by atoms with Crippen LogP contribution >= 0.6 is 0 Å². The molecule has 0 spiro atoms. The first-order valence-electron chi connectivity index (χ1n) is 12.0. The second-order valence-electron chi connectivity index (χ2n) is 8.64. The number of hydrogen-bond acceptors (Lipinski definition) is 7. The van der Waals surface area contributed by atoms with Gasteiger partial charge in [0.05, 0.1) is 33.1 Å². The van der Waals surface area contributed by atoms with Gasteiger partial charge < -0.3 is 14.8 Å². The minimum absolute atomic E-state index is 0.0867. The van der Waals surface area contributed by atoms with Crippen molar-refractivity contribution in [3.63, 3.8) is 0 Å². The summed E-state index contributed by atoms with van der Waals surface area (Å²) in [4.78, 5) is 26.4. The maximum absolute atomic E-state index is 12.8. The molecule has 1 N–H and O–H groups in total. The van der Waals surface area contributed by atoms with Gasteiger partial charge in [0.2, 0.25) is 0 Å². The summed E-state index contributed by atoms with van der Waals surface area (Å²) in [5.41, 5.74) is 5.05. The Bertz CT molecular complexity index is 1210. The number of methoxy groups -OCH3 is 1. The van der Waals surface area contributed by atoms with Crippen molar-refractivity contribution in [3.05, 3.63) is 77.0 Å². The van der Waals surface area contributed by atoms with Crippen molar-refractivity contribution in [2.45, 2.75) is 13.5 Å². The van der Waals surface area contributed by atoms with E-state index in [1.807, 2.05) is 55.6 Å². The highest BCUT2D eigenvalue weighted by Crippen LogP contribution is 2.21. The van der Waals surface area contributed by atoms with E-state index in [0.29, 0.717) is 24.3 Å². The Kier molecular flexibility index (Phi) is 8.59. The molecule has 1 aliphatic rings. The summed E-state index contributed by atoms with van der Waals surface area (Å²) in [5, 5.41) is 11.6. The maximum Gasteiger partial charge on any atom is 0.330 e. The average molecular weight is 490 g/mol. The minimum Gasteiger partial charge on any atom is -0.466 e. The van der Waals surface area contributed by atoms with E-state index >= 15 is 0 Å². The summed E-state index contributed by atoms with van der Waals surface area (Å²) in [6.45, 7) is 7.18. The molecule has 36 heavy (non-hydrogen) atoms. The van der Waals surface area contributed by atoms with Gasteiger partial charge >= 0.3 is 5.97 Å². The number of aromatic nitrogens is 3. The van der Waals surface area contributed by atoms with E-state index in [1.54, 1.807) is 10.8 Å². The first kappa shape index (κ1) is 25.3. The SMILES string of the molecule is COC(=O)/C=C/c1ccc(Cn2cc(-c3ccc(C)c(C(=O)NCCN4CCOCC4)c3)nn2)cc1. The van der Waals surface area contributed by atoms with Gasteiger partial charge in [-0.3, -0.25) is 9.69 Å². The van der Waals surface area contributed by atoms with E-state index in [9.17, 15) is 9.59 Å². The number of morpholine rings is 1. The van der Waals surface area contributed by atoms with Gasteiger partial charge in [-0.1, -0.05) is 41.6 Å². The van der Waals surface area contributed by atoms with Gasteiger partial charge in [0.15, 0.2) is 0 Å². The quantitative estimate of drug-likeness (QED) is 0.364. The summed E-state index contributed by atoms with van der Waals surface area (Å²) in [5.74, 6) is -0.477. The van der Waals surface area contributed by atoms with Gasteiger partial charge in [0.1, 0.15) is 5.69 Å². The number of amides is 1. The minimum atomic E-state index is -0.390. The molecular weight excluding hydrogens is 458 g/mol. The van der Waals surface area contributed by atoms with E-state index in [4.69, 9.17) is 4.74 Å². The van der Waals surface area contributed by atoms with E-state index in [0.717, 1.165) is 55.1 Å². The molecule has 2 heterocycles. The Morgan fingerprint density at radius 2 is 1.92 bits per heavy atom. The molecule has 2 aromatic carbocycles. The third-order valence-electron chi connectivity index (χ3n) is 6.07. The van der Waals surface area contributed by atoms with Crippen LogP contribution in [0.2, 0.25) is 0 Å². The van der Waals surface area contributed by atoms with Crippen molar-refractivity contribution in [2.24, 2.45) is 0 Å². The predicted molar refractivity (Wildman–Crippen MR) is 136 cm³/mol. The van der Waals surface area contributed by atoms with Gasteiger partial charge in [-0.2, -0.15) is 0 Å². The van der Waals surface area contributed by atoms with Crippen LogP contribution in [0.1, 0.15) is 27.0 Å². The molecule has 0 aliphatic carbocycles. The van der Waals surface area contributed by atoms with Crippen molar-refractivity contribution >= 4 is 18.0 Å². The Balaban J connectivity index is 1.37. The molecule has 0 saturated carbocycles. The van der Waals surface area contributed by atoms with Gasteiger partial charge in [0, 0.05) is 43.4 Å². The Morgan fingerprint density at radius 3 is 2.67 bits per heavy atom. The molecule has 1 aliphatic heterocycles. The van der Waals surface area contributed by atoms with Crippen LogP contribution in [0, 0.1) is 6.92 Å². The number of rotatable bonds is 9.